The number of nitrogens with one attached hydrogen (secondary N) is 1. The highest BCUT2D eigenvalue weighted by atomic mass is 16.4. The molecule has 5 heteroatoms. The van der Waals surface area contributed by atoms with E-state index in [0.717, 1.165) is 12.0 Å². The Hall–Kier alpha value is -2.04. The van der Waals surface area contributed by atoms with Gasteiger partial charge in [-0.1, -0.05) is 26.0 Å². The second-order valence-electron chi connectivity index (χ2n) is 5.82. The van der Waals surface area contributed by atoms with E-state index in [2.05, 4.69) is 5.32 Å². The van der Waals surface area contributed by atoms with E-state index in [1.54, 1.807) is 12.1 Å². The summed E-state index contributed by atoms with van der Waals surface area (Å²) in [5.74, 6) is -0.548. The molecule has 0 aliphatic rings. The number of amides is 1. The Morgan fingerprint density at radius 3 is 2.38 bits per heavy atom. The molecule has 4 N–H and O–H groups in total. The number of carboxylic acids is 1. The smallest absolute Gasteiger partial charge is 0.303 e. The van der Waals surface area contributed by atoms with Crippen molar-refractivity contribution in [2.45, 2.75) is 33.1 Å². The molecule has 0 saturated heterocycles. The molecule has 5 nitrogen and oxygen atoms in total. The molecular formula is C16H24N2O3. The Labute approximate surface area is 125 Å². The number of nitrogens with two attached hydrogens (primary N) is 1. The summed E-state index contributed by atoms with van der Waals surface area (Å²) in [6.07, 6.45) is 1.15. The van der Waals surface area contributed by atoms with Crippen molar-refractivity contribution in [1.29, 1.82) is 0 Å². The molecule has 0 spiro atoms. The summed E-state index contributed by atoms with van der Waals surface area (Å²) in [6, 6.07) is 7.15. The molecule has 21 heavy (non-hydrogen) atoms. The number of carbonyl (C=O) groups excluding carboxylic acids is 1. The van der Waals surface area contributed by atoms with Gasteiger partial charge in [-0.25, -0.2) is 0 Å². The van der Waals surface area contributed by atoms with Gasteiger partial charge in [0, 0.05) is 18.7 Å². The van der Waals surface area contributed by atoms with Crippen LogP contribution in [0.3, 0.4) is 0 Å². The summed E-state index contributed by atoms with van der Waals surface area (Å²) < 4.78 is 0. The van der Waals surface area contributed by atoms with Crippen LogP contribution >= 0.6 is 0 Å². The first kappa shape index (κ1) is 17.0. The Kier molecular flexibility index (Phi) is 6.72. The van der Waals surface area contributed by atoms with E-state index in [0.29, 0.717) is 18.2 Å². The molecule has 1 aromatic rings. The van der Waals surface area contributed by atoms with Crippen molar-refractivity contribution in [1.82, 2.24) is 5.32 Å². The second kappa shape index (κ2) is 8.29. The molecule has 0 bridgehead atoms. The Morgan fingerprint density at radius 2 is 1.86 bits per heavy atom. The van der Waals surface area contributed by atoms with Crippen LogP contribution in [0.4, 0.5) is 5.69 Å². The fourth-order valence-corrected chi connectivity index (χ4v) is 2.29. The van der Waals surface area contributed by atoms with Crippen LogP contribution in [0.25, 0.3) is 0 Å². The topological polar surface area (TPSA) is 92.4 Å². The zero-order valence-electron chi connectivity index (χ0n) is 12.6. The molecule has 0 fully saturated rings. The Balaban J connectivity index is 2.44. The van der Waals surface area contributed by atoms with E-state index >= 15 is 0 Å². The maximum Gasteiger partial charge on any atom is 0.303 e. The van der Waals surface area contributed by atoms with Crippen molar-refractivity contribution in [2.24, 2.45) is 11.8 Å². The number of benzene rings is 1. The summed E-state index contributed by atoms with van der Waals surface area (Å²) in [4.78, 5) is 22.7. The van der Waals surface area contributed by atoms with Crippen LogP contribution in [0.2, 0.25) is 0 Å². The minimum atomic E-state index is -0.826. The van der Waals surface area contributed by atoms with Crippen molar-refractivity contribution in [2.75, 3.05) is 12.3 Å². The quantitative estimate of drug-likeness (QED) is 0.639. The fourth-order valence-electron chi connectivity index (χ4n) is 2.29. The monoisotopic (exact) mass is 292 g/mol. The maximum absolute atomic E-state index is 11.9. The SMILES string of the molecule is CC(C)C[C@H](CNC(=O)Cc1ccc(N)cc1)CC(=O)O. The molecule has 0 saturated carbocycles. The predicted octanol–water partition coefficient (Wildman–Crippen LogP) is 2.06. The molecule has 1 rings (SSSR count). The molecule has 116 valence electrons. The number of hydrogen-bond acceptors (Lipinski definition) is 3. The average molecular weight is 292 g/mol. The van der Waals surface area contributed by atoms with E-state index in [1.807, 2.05) is 26.0 Å². The normalized spacial score (nSPS) is 12.1. The van der Waals surface area contributed by atoms with Gasteiger partial charge in [0.1, 0.15) is 0 Å². The molecule has 1 amide bonds. The highest BCUT2D eigenvalue weighted by molar-refractivity contribution is 5.78. The third kappa shape index (κ3) is 7.34. The van der Waals surface area contributed by atoms with Crippen molar-refractivity contribution in [3.8, 4) is 0 Å². The van der Waals surface area contributed by atoms with Crippen LogP contribution in [0.15, 0.2) is 24.3 Å². The van der Waals surface area contributed by atoms with Gasteiger partial charge in [0.05, 0.1) is 6.42 Å². The van der Waals surface area contributed by atoms with Crippen molar-refractivity contribution in [3.05, 3.63) is 29.8 Å². The third-order valence-corrected chi connectivity index (χ3v) is 3.20. The molecule has 1 aromatic carbocycles. The lowest BCUT2D eigenvalue weighted by molar-refractivity contribution is -0.138. The highest BCUT2D eigenvalue weighted by Crippen LogP contribution is 2.15. The minimum Gasteiger partial charge on any atom is -0.481 e. The number of nitrogen functional groups attached to an aromatic ring is 1. The number of aliphatic carboxylic acids is 1. The summed E-state index contributed by atoms with van der Waals surface area (Å²) in [5, 5.41) is 11.7. The van der Waals surface area contributed by atoms with Gasteiger partial charge in [0.25, 0.3) is 0 Å². The molecule has 0 aliphatic heterocycles. The van der Waals surface area contributed by atoms with Crippen molar-refractivity contribution in [3.63, 3.8) is 0 Å². The number of hydrogen-bond donors (Lipinski definition) is 3. The summed E-state index contributed by atoms with van der Waals surface area (Å²) in [5.41, 5.74) is 7.15. The lowest BCUT2D eigenvalue weighted by Gasteiger charge is -2.17. The maximum atomic E-state index is 11.9. The summed E-state index contributed by atoms with van der Waals surface area (Å²) >= 11 is 0. The number of carbonyl (C=O) groups is 2. The van der Waals surface area contributed by atoms with Gasteiger partial charge in [-0.3, -0.25) is 9.59 Å². The van der Waals surface area contributed by atoms with Gasteiger partial charge >= 0.3 is 5.97 Å². The summed E-state index contributed by atoms with van der Waals surface area (Å²) in [6.45, 7) is 4.49. The van der Waals surface area contributed by atoms with Crippen LogP contribution in [0.5, 0.6) is 0 Å². The first-order valence-corrected chi connectivity index (χ1v) is 7.19. The van der Waals surface area contributed by atoms with Crippen LogP contribution in [-0.2, 0) is 16.0 Å². The van der Waals surface area contributed by atoms with E-state index in [-0.39, 0.29) is 24.7 Å². The van der Waals surface area contributed by atoms with Crippen LogP contribution in [0.1, 0.15) is 32.3 Å². The van der Waals surface area contributed by atoms with E-state index in [9.17, 15) is 9.59 Å². The zero-order valence-corrected chi connectivity index (χ0v) is 12.6. The first-order valence-electron chi connectivity index (χ1n) is 7.19. The van der Waals surface area contributed by atoms with Gasteiger partial charge in [0.2, 0.25) is 5.91 Å². The number of anilines is 1. The molecular weight excluding hydrogens is 268 g/mol. The summed E-state index contributed by atoms with van der Waals surface area (Å²) in [7, 11) is 0. The van der Waals surface area contributed by atoms with Gasteiger partial charge in [0.15, 0.2) is 0 Å². The van der Waals surface area contributed by atoms with Gasteiger partial charge in [-0.05, 0) is 36.0 Å². The lowest BCUT2D eigenvalue weighted by atomic mass is 9.94. The van der Waals surface area contributed by atoms with Crippen LogP contribution in [0, 0.1) is 11.8 Å². The standard InChI is InChI=1S/C16H24N2O3/c1-11(2)7-13(9-16(20)21)10-18-15(19)8-12-3-5-14(17)6-4-12/h3-6,11,13H,7-10,17H2,1-2H3,(H,18,19)(H,20,21)/t13-/m0/s1. The van der Waals surface area contributed by atoms with E-state index in [4.69, 9.17) is 10.8 Å². The zero-order chi connectivity index (χ0) is 15.8. The van der Waals surface area contributed by atoms with Gasteiger partial charge in [-0.15, -0.1) is 0 Å². The van der Waals surface area contributed by atoms with E-state index in [1.165, 1.54) is 0 Å². The number of carboxylic acid groups (broad SMARTS) is 1. The third-order valence-electron chi connectivity index (χ3n) is 3.20. The predicted molar refractivity (Wildman–Crippen MR) is 82.8 cm³/mol. The molecule has 0 aromatic heterocycles. The molecule has 0 radical (unpaired) electrons. The number of rotatable bonds is 8. The largest absolute Gasteiger partial charge is 0.481 e. The van der Waals surface area contributed by atoms with Crippen LogP contribution in [-0.4, -0.2) is 23.5 Å². The van der Waals surface area contributed by atoms with E-state index < -0.39 is 5.97 Å². The first-order chi connectivity index (χ1) is 9.86. The molecule has 1 atom stereocenters. The molecule has 0 heterocycles. The molecule has 0 unspecified atom stereocenters. The van der Waals surface area contributed by atoms with Gasteiger partial charge in [-0.2, -0.15) is 0 Å². The van der Waals surface area contributed by atoms with Gasteiger partial charge < -0.3 is 16.2 Å². The highest BCUT2D eigenvalue weighted by Gasteiger charge is 2.16. The Bertz CT molecular complexity index is 469. The van der Waals surface area contributed by atoms with Crippen molar-refractivity contribution >= 4 is 17.6 Å². The average Bonchev–Trinajstić information content (AvgIpc) is 2.37. The fraction of sp³-hybridized carbons (Fsp3) is 0.500. The minimum absolute atomic E-state index is 0.0298. The van der Waals surface area contributed by atoms with Crippen LogP contribution < -0.4 is 11.1 Å². The second-order valence-corrected chi connectivity index (χ2v) is 5.82. The molecule has 0 aliphatic carbocycles. The lowest BCUT2D eigenvalue weighted by Crippen LogP contribution is -2.32. The Morgan fingerprint density at radius 1 is 1.24 bits per heavy atom. The van der Waals surface area contributed by atoms with Crippen molar-refractivity contribution < 1.29 is 14.7 Å².